The summed E-state index contributed by atoms with van der Waals surface area (Å²) < 4.78 is 30.9. The van der Waals surface area contributed by atoms with Crippen LogP contribution >= 0.6 is 0 Å². The standard InChI is InChI=1S/C23H26F2O3/c24-18-10-16-20(15(11-5-6-11)9-17(22(16)26)23(27)28)21(25)19(18)14-7-12-3-1-2-4-13(12)8-14/h9-15,22,26H,1-8H2,(H,27,28). The van der Waals surface area contributed by atoms with Crippen LogP contribution in [0.2, 0.25) is 0 Å². The zero-order valence-electron chi connectivity index (χ0n) is 15.8. The van der Waals surface area contributed by atoms with Gasteiger partial charge in [0.2, 0.25) is 0 Å². The van der Waals surface area contributed by atoms with E-state index in [1.165, 1.54) is 25.0 Å². The number of fused-ring (bicyclic) bond motifs is 2. The van der Waals surface area contributed by atoms with Gasteiger partial charge in [-0.25, -0.2) is 13.6 Å². The second-order valence-corrected chi connectivity index (χ2v) is 9.25. The van der Waals surface area contributed by atoms with E-state index in [0.717, 1.165) is 38.5 Å². The number of allylic oxidation sites excluding steroid dienone is 1. The Morgan fingerprint density at radius 3 is 2.18 bits per heavy atom. The highest BCUT2D eigenvalue weighted by atomic mass is 19.1. The number of rotatable bonds is 3. The first-order valence-electron chi connectivity index (χ1n) is 10.6. The molecule has 0 radical (unpaired) electrons. The van der Waals surface area contributed by atoms with E-state index in [1.807, 2.05) is 0 Å². The van der Waals surface area contributed by atoms with Crippen molar-refractivity contribution in [1.29, 1.82) is 0 Å². The van der Waals surface area contributed by atoms with Gasteiger partial charge in [0.15, 0.2) is 0 Å². The highest BCUT2D eigenvalue weighted by molar-refractivity contribution is 5.89. The predicted molar refractivity (Wildman–Crippen MR) is 99.9 cm³/mol. The molecule has 5 heteroatoms. The van der Waals surface area contributed by atoms with Crippen LogP contribution in [0.25, 0.3) is 0 Å². The van der Waals surface area contributed by atoms with E-state index in [4.69, 9.17) is 0 Å². The van der Waals surface area contributed by atoms with Gasteiger partial charge in [-0.1, -0.05) is 31.8 Å². The summed E-state index contributed by atoms with van der Waals surface area (Å²) in [6.07, 6.45) is 8.25. The van der Waals surface area contributed by atoms with Crippen molar-refractivity contribution >= 4 is 5.97 Å². The van der Waals surface area contributed by atoms with Crippen molar-refractivity contribution in [2.45, 2.75) is 69.3 Å². The molecule has 0 saturated heterocycles. The number of carboxylic acid groups (broad SMARTS) is 1. The lowest BCUT2D eigenvalue weighted by molar-refractivity contribution is -0.133. The number of halogens is 2. The summed E-state index contributed by atoms with van der Waals surface area (Å²) in [5.74, 6) is -1.56. The summed E-state index contributed by atoms with van der Waals surface area (Å²) in [7, 11) is 0. The van der Waals surface area contributed by atoms with Crippen LogP contribution in [-0.2, 0) is 4.79 Å². The number of benzene rings is 1. The van der Waals surface area contributed by atoms with Gasteiger partial charge < -0.3 is 10.2 Å². The number of aliphatic hydroxyl groups is 1. The summed E-state index contributed by atoms with van der Waals surface area (Å²) in [5, 5.41) is 19.9. The average Bonchev–Trinajstić information content (AvgIpc) is 3.41. The van der Waals surface area contributed by atoms with E-state index in [2.05, 4.69) is 0 Å². The van der Waals surface area contributed by atoms with Crippen LogP contribution in [0, 0.1) is 29.4 Å². The van der Waals surface area contributed by atoms with Crippen molar-refractivity contribution in [3.63, 3.8) is 0 Å². The van der Waals surface area contributed by atoms with Gasteiger partial charge >= 0.3 is 5.97 Å². The average molecular weight is 388 g/mol. The topological polar surface area (TPSA) is 57.5 Å². The molecule has 0 spiro atoms. The monoisotopic (exact) mass is 388 g/mol. The lowest BCUT2D eigenvalue weighted by Gasteiger charge is -2.29. The lowest BCUT2D eigenvalue weighted by atomic mass is 9.77. The van der Waals surface area contributed by atoms with E-state index in [9.17, 15) is 15.0 Å². The molecule has 150 valence electrons. The number of hydrogen-bond acceptors (Lipinski definition) is 2. The van der Waals surface area contributed by atoms with Crippen LogP contribution in [0.15, 0.2) is 17.7 Å². The summed E-state index contributed by atoms with van der Waals surface area (Å²) in [6.45, 7) is 0. The highest BCUT2D eigenvalue weighted by Crippen LogP contribution is 2.54. The predicted octanol–water partition coefficient (Wildman–Crippen LogP) is 5.20. The molecule has 4 unspecified atom stereocenters. The summed E-state index contributed by atoms with van der Waals surface area (Å²) in [5.41, 5.74) is 0.457. The van der Waals surface area contributed by atoms with Crippen LogP contribution in [0.3, 0.4) is 0 Å². The molecule has 4 aliphatic rings. The van der Waals surface area contributed by atoms with Gasteiger partial charge in [-0.2, -0.15) is 0 Å². The van der Waals surface area contributed by atoms with Crippen molar-refractivity contribution in [3.05, 3.63) is 46.0 Å². The van der Waals surface area contributed by atoms with Gasteiger partial charge in [0.05, 0.1) is 5.57 Å². The zero-order valence-corrected chi connectivity index (χ0v) is 15.8. The maximum Gasteiger partial charge on any atom is 0.334 e. The largest absolute Gasteiger partial charge is 0.478 e. The Morgan fingerprint density at radius 1 is 0.964 bits per heavy atom. The van der Waals surface area contributed by atoms with Crippen molar-refractivity contribution in [2.24, 2.45) is 17.8 Å². The molecular formula is C23H26F2O3. The minimum absolute atomic E-state index is 0.103. The quantitative estimate of drug-likeness (QED) is 0.748. The van der Waals surface area contributed by atoms with E-state index in [1.54, 1.807) is 0 Å². The second kappa shape index (κ2) is 6.65. The molecular weight excluding hydrogens is 362 g/mol. The number of hydrogen-bond donors (Lipinski definition) is 2. The van der Waals surface area contributed by atoms with E-state index in [-0.39, 0.29) is 34.5 Å². The maximum absolute atomic E-state index is 15.8. The molecule has 0 heterocycles. The fraction of sp³-hybridized carbons (Fsp3) is 0.609. The summed E-state index contributed by atoms with van der Waals surface area (Å²) in [6, 6.07) is 1.21. The van der Waals surface area contributed by atoms with Gasteiger partial charge in [-0.15, -0.1) is 0 Å². The Hall–Kier alpha value is -1.75. The van der Waals surface area contributed by atoms with E-state index >= 15 is 8.78 Å². The fourth-order valence-electron chi connectivity index (χ4n) is 6.13. The van der Waals surface area contributed by atoms with E-state index < -0.39 is 23.7 Å². The van der Waals surface area contributed by atoms with Crippen LogP contribution in [0.5, 0.6) is 0 Å². The normalized spacial score (nSPS) is 34.5. The molecule has 3 fully saturated rings. The molecule has 28 heavy (non-hydrogen) atoms. The Kier molecular flexibility index (Phi) is 4.34. The minimum atomic E-state index is -1.48. The Morgan fingerprint density at radius 2 is 1.61 bits per heavy atom. The number of aliphatic hydroxyl groups excluding tert-OH is 1. The van der Waals surface area contributed by atoms with Crippen molar-refractivity contribution < 1.29 is 23.8 Å². The molecule has 3 nitrogen and oxygen atoms in total. The molecule has 0 aromatic heterocycles. The SMILES string of the molecule is O=C(O)C1=CC(C2CC2)c2c(cc(F)c(C3CC4CCCCC4C3)c2F)C1O. The van der Waals surface area contributed by atoms with Gasteiger partial charge in [-0.3, -0.25) is 0 Å². The van der Waals surface area contributed by atoms with Crippen LogP contribution < -0.4 is 0 Å². The van der Waals surface area contributed by atoms with Gasteiger partial charge in [-0.05, 0) is 61.0 Å². The van der Waals surface area contributed by atoms with Gasteiger partial charge in [0, 0.05) is 17.0 Å². The number of aliphatic carboxylic acids is 1. The maximum atomic E-state index is 15.8. The molecule has 1 aromatic rings. The second-order valence-electron chi connectivity index (χ2n) is 9.25. The molecule has 4 atom stereocenters. The molecule has 0 bridgehead atoms. The summed E-state index contributed by atoms with van der Waals surface area (Å²) in [4.78, 5) is 11.5. The van der Waals surface area contributed by atoms with Crippen molar-refractivity contribution in [1.82, 2.24) is 0 Å². The molecule has 1 aromatic carbocycles. The first kappa shape index (κ1) is 18.3. The van der Waals surface area contributed by atoms with E-state index in [0.29, 0.717) is 17.4 Å². The lowest BCUT2D eigenvalue weighted by Crippen LogP contribution is -2.23. The van der Waals surface area contributed by atoms with Gasteiger partial charge in [0.1, 0.15) is 17.7 Å². The minimum Gasteiger partial charge on any atom is -0.478 e. The van der Waals surface area contributed by atoms with Crippen LogP contribution in [0.4, 0.5) is 8.78 Å². The molecule has 2 N–H and O–H groups in total. The third kappa shape index (κ3) is 2.81. The summed E-state index contributed by atoms with van der Waals surface area (Å²) >= 11 is 0. The van der Waals surface area contributed by atoms with Gasteiger partial charge in [0.25, 0.3) is 0 Å². The molecule has 5 rings (SSSR count). The molecule has 4 aliphatic carbocycles. The third-order valence-corrected chi connectivity index (χ3v) is 7.63. The van der Waals surface area contributed by atoms with Crippen molar-refractivity contribution in [3.8, 4) is 0 Å². The fourth-order valence-corrected chi connectivity index (χ4v) is 6.13. The molecule has 0 aliphatic heterocycles. The Balaban J connectivity index is 1.58. The Bertz CT molecular complexity index is 844. The van der Waals surface area contributed by atoms with Crippen LogP contribution in [0.1, 0.15) is 86.0 Å². The Labute approximate surface area is 163 Å². The van der Waals surface area contributed by atoms with Crippen LogP contribution in [-0.4, -0.2) is 16.2 Å². The number of carbonyl (C=O) groups is 1. The number of carboxylic acids is 1. The first-order valence-corrected chi connectivity index (χ1v) is 10.6. The zero-order chi connectivity index (χ0) is 19.6. The molecule has 0 amide bonds. The van der Waals surface area contributed by atoms with Crippen molar-refractivity contribution in [2.75, 3.05) is 0 Å². The first-order chi connectivity index (χ1) is 13.5. The third-order valence-electron chi connectivity index (χ3n) is 7.63. The molecule has 3 saturated carbocycles. The highest BCUT2D eigenvalue weighted by Gasteiger charge is 2.44. The smallest absolute Gasteiger partial charge is 0.334 e.